The van der Waals surface area contributed by atoms with E-state index in [-0.39, 0.29) is 34.2 Å². The van der Waals surface area contributed by atoms with Crippen molar-refractivity contribution in [3.8, 4) is 40.1 Å². The number of methoxy groups -OCH3 is 2. The zero-order chi connectivity index (χ0) is 39.7. The van der Waals surface area contributed by atoms with Crippen LogP contribution in [0.1, 0.15) is 19.8 Å². The van der Waals surface area contributed by atoms with Crippen molar-refractivity contribution in [1.82, 2.24) is 0 Å². The van der Waals surface area contributed by atoms with Crippen molar-refractivity contribution in [1.29, 1.82) is 0 Å². The number of carboxylic acids is 1. The van der Waals surface area contributed by atoms with Gasteiger partial charge in [0.05, 0.1) is 45.9 Å². The molecule has 0 unspecified atom stereocenters. The van der Waals surface area contributed by atoms with Crippen molar-refractivity contribution in [3.05, 3.63) is 40.6 Å². The van der Waals surface area contributed by atoms with Crippen molar-refractivity contribution >= 4 is 22.9 Å². The van der Waals surface area contributed by atoms with Crippen molar-refractivity contribution in [3.63, 3.8) is 0 Å². The van der Waals surface area contributed by atoms with Gasteiger partial charge in [0.25, 0.3) is 0 Å². The topological polar surface area (TPSA) is 311 Å². The van der Waals surface area contributed by atoms with E-state index in [0.29, 0.717) is 0 Å². The van der Waals surface area contributed by atoms with Crippen LogP contribution in [0, 0.1) is 0 Å². The molecule has 0 radical (unpaired) electrons. The van der Waals surface area contributed by atoms with Crippen LogP contribution in [-0.4, -0.2) is 146 Å². The molecule has 3 heterocycles. The molecule has 5 rings (SSSR count). The third kappa shape index (κ3) is 8.31. The molecule has 0 aliphatic carbocycles. The summed E-state index contributed by atoms with van der Waals surface area (Å²) in [4.78, 5) is 37.8. The number of benzene rings is 2. The molecule has 1 aromatic heterocycles. The van der Waals surface area contributed by atoms with Gasteiger partial charge in [-0.1, -0.05) is 0 Å². The lowest BCUT2D eigenvalue weighted by Crippen LogP contribution is -2.62. The molecule has 54 heavy (non-hydrogen) atoms. The Morgan fingerprint density at radius 1 is 1.00 bits per heavy atom. The van der Waals surface area contributed by atoms with Crippen molar-refractivity contribution in [2.24, 2.45) is 0 Å². The van der Waals surface area contributed by atoms with E-state index in [0.717, 1.165) is 13.0 Å². The average Bonchev–Trinajstić information content (AvgIpc) is 3.39. The Balaban J connectivity index is 1.57. The number of hydrogen-bond acceptors (Lipinski definition) is 19. The average molecular weight is 769 g/mol. The van der Waals surface area contributed by atoms with Crippen LogP contribution in [0.15, 0.2) is 39.5 Å². The number of carbonyl (C=O) groups is 2. The number of aromatic hydroxyl groups is 2. The Kier molecular flexibility index (Phi) is 11.9. The molecule has 2 aromatic carbocycles. The minimum atomic E-state index is -2.19. The molecule has 2 fully saturated rings. The van der Waals surface area contributed by atoms with Gasteiger partial charge in [-0.2, -0.15) is 0 Å². The van der Waals surface area contributed by atoms with Crippen LogP contribution in [-0.2, 0) is 28.5 Å². The smallest absolute Gasteiger partial charge is 0.308 e. The Bertz CT molecular complexity index is 1910. The van der Waals surface area contributed by atoms with Crippen LogP contribution < -0.4 is 19.6 Å². The van der Waals surface area contributed by atoms with Gasteiger partial charge in [0.1, 0.15) is 59.1 Å². The first kappa shape index (κ1) is 40.4. The summed E-state index contributed by atoms with van der Waals surface area (Å²) < 4.78 is 44.5. The van der Waals surface area contributed by atoms with Crippen LogP contribution >= 0.6 is 0 Å². The first-order valence-electron chi connectivity index (χ1n) is 16.2. The SMILES string of the molecule is COc1cc(O)c2c(=O)c(O[C@H]3O[C@H](COC(=O)C[C@@](C)(O)CC(=O)O)[C@H](O)[C@@H](O)[C@H]3O[C@@H]3OC[C@](O)(CO)[C@H]3O)c(-c3ccc(O)c(OC)c3)oc2c1. The van der Waals surface area contributed by atoms with Gasteiger partial charge in [-0.15, -0.1) is 0 Å². The fraction of sp³-hybridized carbons (Fsp3) is 0.500. The number of fused-ring (bicyclic) bond motifs is 1. The first-order valence-corrected chi connectivity index (χ1v) is 16.2. The lowest BCUT2D eigenvalue weighted by atomic mass is 9.97. The summed E-state index contributed by atoms with van der Waals surface area (Å²) in [5.41, 5.74) is -5.34. The molecule has 0 bridgehead atoms. The molecular formula is C34H40O20. The molecule has 0 saturated carbocycles. The van der Waals surface area contributed by atoms with Crippen molar-refractivity contribution < 1.29 is 93.1 Å². The Hall–Kier alpha value is -4.77. The predicted octanol–water partition coefficient (Wildman–Crippen LogP) is -1.30. The van der Waals surface area contributed by atoms with Gasteiger partial charge in [0.2, 0.25) is 17.5 Å². The van der Waals surface area contributed by atoms with Crippen molar-refractivity contribution in [2.45, 2.75) is 74.1 Å². The van der Waals surface area contributed by atoms with E-state index < -0.39 is 121 Å². The molecule has 9 atom stereocenters. The fourth-order valence-corrected chi connectivity index (χ4v) is 5.88. The van der Waals surface area contributed by atoms with Gasteiger partial charge in [0.15, 0.2) is 29.7 Å². The summed E-state index contributed by atoms with van der Waals surface area (Å²) in [5.74, 6) is -4.39. The third-order valence-electron chi connectivity index (χ3n) is 8.80. The second kappa shape index (κ2) is 15.9. The zero-order valence-electron chi connectivity index (χ0n) is 29.0. The van der Waals surface area contributed by atoms with E-state index >= 15 is 0 Å². The van der Waals surface area contributed by atoms with Gasteiger partial charge in [0, 0.05) is 17.7 Å². The van der Waals surface area contributed by atoms with Crippen LogP contribution in [0.2, 0.25) is 0 Å². The minimum Gasteiger partial charge on any atom is -0.507 e. The number of esters is 1. The lowest BCUT2D eigenvalue weighted by Gasteiger charge is -2.42. The van der Waals surface area contributed by atoms with E-state index in [1.54, 1.807) is 0 Å². The van der Waals surface area contributed by atoms with E-state index in [2.05, 4.69) is 0 Å². The molecule has 0 amide bonds. The Morgan fingerprint density at radius 2 is 1.72 bits per heavy atom. The summed E-state index contributed by atoms with van der Waals surface area (Å²) in [7, 11) is 2.57. The molecule has 0 spiro atoms. The summed E-state index contributed by atoms with van der Waals surface area (Å²) in [6, 6.07) is 6.23. The molecule has 20 nitrogen and oxygen atoms in total. The number of ether oxygens (including phenoxy) is 7. The van der Waals surface area contributed by atoms with E-state index in [4.69, 9.17) is 42.7 Å². The quantitative estimate of drug-likeness (QED) is 0.0861. The number of carbonyl (C=O) groups excluding carboxylic acids is 1. The number of rotatable bonds is 14. The highest BCUT2D eigenvalue weighted by Crippen LogP contribution is 2.40. The second-order valence-corrected chi connectivity index (χ2v) is 13.1. The molecular weight excluding hydrogens is 728 g/mol. The van der Waals surface area contributed by atoms with Crippen molar-refractivity contribution in [2.75, 3.05) is 34.0 Å². The van der Waals surface area contributed by atoms with Crippen LogP contribution in [0.4, 0.5) is 0 Å². The maximum absolute atomic E-state index is 14.2. The van der Waals surface area contributed by atoms with Crippen LogP contribution in [0.3, 0.4) is 0 Å². The number of hydrogen-bond donors (Lipinski definition) is 9. The predicted molar refractivity (Wildman–Crippen MR) is 177 cm³/mol. The standard InChI is InChI=1S/C34H40O20/c1-33(45,9-21(38)39)10-22(40)49-11-20-24(41)26(43)29(54-32-30(44)34(46,12-35)13-50-32)31(52-20)53-28-25(42)23-17(37)7-15(47-2)8-19(23)51-27(28)14-4-5-16(36)18(6-14)48-3/h4-8,20,24,26,29-32,35-37,41,43-46H,9-13H2,1-3H3,(H,38,39)/t20-,24+,26-,29-,30+,31-,32+,33+,34-/m1/s1. The fourth-order valence-electron chi connectivity index (χ4n) is 5.88. The molecule has 20 heteroatoms. The maximum atomic E-state index is 14.2. The Morgan fingerprint density at radius 3 is 2.35 bits per heavy atom. The summed E-state index contributed by atoms with van der Waals surface area (Å²) in [6.07, 6.45) is -14.8. The summed E-state index contributed by atoms with van der Waals surface area (Å²) >= 11 is 0. The van der Waals surface area contributed by atoms with Gasteiger partial charge >= 0.3 is 11.9 Å². The second-order valence-electron chi connectivity index (χ2n) is 13.1. The Labute approximate surface area is 304 Å². The number of aliphatic hydroxyl groups excluding tert-OH is 4. The molecule has 9 N–H and O–H groups in total. The number of carboxylic acid groups (broad SMARTS) is 1. The van der Waals surface area contributed by atoms with E-state index in [1.165, 1.54) is 38.5 Å². The number of phenols is 2. The molecule has 2 aliphatic heterocycles. The van der Waals surface area contributed by atoms with E-state index in [1.807, 2.05) is 0 Å². The zero-order valence-corrected chi connectivity index (χ0v) is 29.0. The van der Waals surface area contributed by atoms with E-state index in [9.17, 15) is 55.2 Å². The molecule has 296 valence electrons. The molecule has 3 aromatic rings. The van der Waals surface area contributed by atoms with Crippen LogP contribution in [0.25, 0.3) is 22.3 Å². The van der Waals surface area contributed by atoms with Gasteiger partial charge in [-0.3, -0.25) is 14.4 Å². The molecule has 2 aliphatic rings. The van der Waals surface area contributed by atoms with Gasteiger partial charge in [-0.25, -0.2) is 0 Å². The highest BCUT2D eigenvalue weighted by molar-refractivity contribution is 5.88. The number of aliphatic hydroxyl groups is 6. The number of phenolic OH excluding ortho intramolecular Hbond substituents is 2. The first-order chi connectivity index (χ1) is 25.4. The minimum absolute atomic E-state index is 0.0590. The third-order valence-corrected chi connectivity index (χ3v) is 8.80. The molecule has 2 saturated heterocycles. The maximum Gasteiger partial charge on any atom is 0.308 e. The highest BCUT2D eigenvalue weighted by Gasteiger charge is 2.54. The normalized spacial score (nSPS) is 28.0. The largest absolute Gasteiger partial charge is 0.507 e. The van der Waals surface area contributed by atoms with Gasteiger partial charge < -0.3 is 83.5 Å². The van der Waals surface area contributed by atoms with Gasteiger partial charge in [-0.05, 0) is 25.1 Å². The lowest BCUT2D eigenvalue weighted by molar-refractivity contribution is -0.319. The highest BCUT2D eigenvalue weighted by atomic mass is 16.8. The monoisotopic (exact) mass is 768 g/mol. The van der Waals surface area contributed by atoms with Crippen LogP contribution in [0.5, 0.6) is 28.7 Å². The number of aliphatic carboxylic acids is 1. The summed E-state index contributed by atoms with van der Waals surface area (Å²) in [6.45, 7) is -1.32. The summed E-state index contributed by atoms with van der Waals surface area (Å²) in [5, 5.41) is 93.1.